The number of nitrogens with one attached hydrogen (secondary N) is 8. The van der Waals surface area contributed by atoms with E-state index in [0.29, 0.717) is 84.6 Å². The molecule has 0 saturated heterocycles. The van der Waals surface area contributed by atoms with E-state index in [1.807, 2.05) is 0 Å². The molecule has 744 valence electrons. The topological polar surface area (TPSA) is 546 Å². The van der Waals surface area contributed by atoms with Gasteiger partial charge in [0.1, 0.15) is 69.0 Å². The number of hydrogen-bond donors (Lipinski definition) is 10. The van der Waals surface area contributed by atoms with Crippen molar-refractivity contribution in [2.45, 2.75) is 276 Å². The molecule has 1 aromatic rings. The number of carbonyl (C=O) groups is 13. The van der Waals surface area contributed by atoms with E-state index >= 15 is 0 Å². The van der Waals surface area contributed by atoms with Gasteiger partial charge in [0.25, 0.3) is 0 Å². The Morgan fingerprint density at radius 2 is 0.620 bits per heavy atom. The summed E-state index contributed by atoms with van der Waals surface area (Å²) in [5.41, 5.74) is 0. The average Bonchev–Trinajstić information content (AvgIpc) is 1.66. The van der Waals surface area contributed by atoms with Gasteiger partial charge in [0, 0.05) is 110 Å². The van der Waals surface area contributed by atoms with Crippen LogP contribution in [0.15, 0.2) is 0 Å². The molecule has 2 atom stereocenters. The van der Waals surface area contributed by atoms with Crippen molar-refractivity contribution >= 4 is 86.3 Å². The molecular weight excluding hydrogens is 1710 g/mol. The zero-order valence-electron chi connectivity index (χ0n) is 77.0. The Kier molecular flexibility index (Phi) is 80.7. The van der Waals surface area contributed by atoms with Crippen LogP contribution < -0.4 is 37.2 Å². The first-order valence-electron chi connectivity index (χ1n) is 46.9. The van der Waals surface area contributed by atoms with Crippen molar-refractivity contribution in [2.75, 3.05) is 203 Å². The van der Waals surface area contributed by atoms with Gasteiger partial charge in [0.2, 0.25) is 41.4 Å². The van der Waals surface area contributed by atoms with Gasteiger partial charge in [-0.3, -0.25) is 52.7 Å². The highest BCUT2D eigenvalue weighted by Gasteiger charge is 2.25. The van der Waals surface area contributed by atoms with Crippen LogP contribution in [0.25, 0.3) is 0 Å². The number of nitrogens with zero attached hydrogens (tertiary/aromatic N) is 3. The summed E-state index contributed by atoms with van der Waals surface area (Å²) < 4.78 is 89.7. The van der Waals surface area contributed by atoms with Crippen molar-refractivity contribution in [1.82, 2.24) is 57.8 Å². The van der Waals surface area contributed by atoms with Crippen molar-refractivity contribution in [3.05, 3.63) is 5.82 Å². The average molecular weight is 1870 g/mol. The molecule has 10 N–H and O–H groups in total. The second-order valence-corrected chi connectivity index (χ2v) is 33.6. The standard InChI is InChI=1S/C88H157N11O29S/c1-2-3-25-42-90-83(107)68-125-61-55-119-49-29-34-74(101)66-123-59-53-118-48-28-33-75(102)67-124-60-56-120-50-44-91-85(109)70-127-63-58-122-52-46-93-86(110)71-128-64-57-121-51-45-92-84(108)69-126-62-54-117-47-27-32-73(100)38-39-77(87(111)112)95-82(106)41-40-78(88(113)114)94-81(105)36-24-20-16-12-9-13-17-21-26-43-89-80(104)37-30-65-129(115,116)72-76(103)31-22-18-14-10-7-5-4-6-8-11-15-19-23-35-79-96-98-99-97-79/h77-78H,2-72H2,1H3,(H,89,104)(H,90,107)(H,91,109)(H,92,108)(H,93,110)(H,94,105)(H,95,106)(H,111,112)(H,113,114)(H,96,97,98,99). The summed E-state index contributed by atoms with van der Waals surface area (Å²) in [6.45, 7) is 7.41. The number of rotatable bonds is 99. The zero-order valence-corrected chi connectivity index (χ0v) is 77.8. The number of aromatic amines is 1. The smallest absolute Gasteiger partial charge is 0.326 e. The Labute approximate surface area is 762 Å². The third-order valence-corrected chi connectivity index (χ3v) is 21.4. The Hall–Kier alpha value is -7.55. The Bertz CT molecular complexity index is 3200. The minimum Gasteiger partial charge on any atom is -0.480 e. The maximum atomic E-state index is 12.7. The minimum atomic E-state index is -3.57. The molecule has 0 aliphatic heterocycles. The lowest BCUT2D eigenvalue weighted by molar-refractivity contribution is -0.143. The Balaban J connectivity index is 1.91. The number of carboxylic acids is 2. The third kappa shape index (κ3) is 83.3. The molecule has 40 nitrogen and oxygen atoms in total. The molecule has 1 heterocycles. The van der Waals surface area contributed by atoms with Gasteiger partial charge in [0.05, 0.1) is 105 Å². The highest BCUT2D eigenvalue weighted by Crippen LogP contribution is 2.16. The van der Waals surface area contributed by atoms with Crippen LogP contribution in [-0.4, -0.2) is 331 Å². The summed E-state index contributed by atoms with van der Waals surface area (Å²) in [6.07, 6.45) is 28.2. The molecule has 0 fully saturated rings. The number of carbonyl (C=O) groups excluding carboxylic acids is 11. The fourth-order valence-electron chi connectivity index (χ4n) is 12.6. The lowest BCUT2D eigenvalue weighted by Crippen LogP contribution is -2.44. The first-order chi connectivity index (χ1) is 62.6. The molecule has 0 radical (unpaired) electrons. The van der Waals surface area contributed by atoms with Crippen LogP contribution in [-0.2, 0) is 135 Å². The third-order valence-electron chi connectivity index (χ3n) is 19.8. The molecule has 1 aromatic heterocycles. The predicted octanol–water partition coefficient (Wildman–Crippen LogP) is 5.59. The number of unbranched alkanes of at least 4 members (excludes halogenated alkanes) is 22. The number of amides is 7. The van der Waals surface area contributed by atoms with E-state index in [9.17, 15) is 81.0 Å². The van der Waals surface area contributed by atoms with Crippen LogP contribution in [0.4, 0.5) is 0 Å². The van der Waals surface area contributed by atoms with Gasteiger partial charge in [-0.2, -0.15) is 5.21 Å². The van der Waals surface area contributed by atoms with Crippen LogP contribution >= 0.6 is 0 Å². The number of aryl methyl sites for hydroxylation is 1. The maximum Gasteiger partial charge on any atom is 0.326 e. The highest BCUT2D eigenvalue weighted by atomic mass is 32.2. The number of Topliss-reactive ketones (excluding diaryl/α,β-unsaturated/α-hetero) is 4. The van der Waals surface area contributed by atoms with Crippen LogP contribution in [0, 0.1) is 0 Å². The Morgan fingerprint density at radius 1 is 0.302 bits per heavy atom. The predicted molar refractivity (Wildman–Crippen MR) is 476 cm³/mol. The van der Waals surface area contributed by atoms with Crippen LogP contribution in [0.5, 0.6) is 0 Å². The largest absolute Gasteiger partial charge is 0.480 e. The van der Waals surface area contributed by atoms with Crippen molar-refractivity contribution < 1.29 is 138 Å². The molecule has 0 spiro atoms. The quantitative estimate of drug-likeness (QED) is 0.0355. The van der Waals surface area contributed by atoms with Crippen molar-refractivity contribution in [3.63, 3.8) is 0 Å². The van der Waals surface area contributed by atoms with Crippen LogP contribution in [0.1, 0.15) is 263 Å². The van der Waals surface area contributed by atoms with Crippen molar-refractivity contribution in [2.24, 2.45) is 0 Å². The minimum absolute atomic E-state index is 0.000190. The second-order valence-electron chi connectivity index (χ2n) is 31.5. The van der Waals surface area contributed by atoms with Crippen molar-refractivity contribution in [3.8, 4) is 0 Å². The summed E-state index contributed by atoms with van der Waals surface area (Å²) in [6, 6.07) is -2.77. The number of hydrogen-bond acceptors (Lipinski definition) is 30. The number of carboxylic acid groups (broad SMARTS) is 2. The first kappa shape index (κ1) is 119. The van der Waals surface area contributed by atoms with Gasteiger partial charge in [-0.15, -0.1) is 10.2 Å². The number of H-pyrrole nitrogens is 1. The number of ketones is 4. The van der Waals surface area contributed by atoms with Crippen molar-refractivity contribution in [1.29, 1.82) is 0 Å². The number of ether oxygens (including phenoxy) is 12. The molecule has 1 rings (SSSR count). The number of sulfone groups is 1. The first-order valence-corrected chi connectivity index (χ1v) is 48.7. The molecule has 7 amide bonds. The van der Waals surface area contributed by atoms with E-state index in [0.717, 1.165) is 109 Å². The summed E-state index contributed by atoms with van der Waals surface area (Å²) in [7, 11) is -3.57. The molecular formula is C88H157N11O29S. The summed E-state index contributed by atoms with van der Waals surface area (Å²) in [4.78, 5) is 158. The fraction of sp³-hybridized carbons (Fsp3) is 0.841. The molecule has 41 heteroatoms. The maximum absolute atomic E-state index is 12.7. The van der Waals surface area contributed by atoms with E-state index in [2.05, 4.69) is 64.8 Å². The molecule has 0 aliphatic carbocycles. The second kappa shape index (κ2) is 87.1. The Morgan fingerprint density at radius 3 is 1.02 bits per heavy atom. The summed E-state index contributed by atoms with van der Waals surface area (Å²) in [5, 5.41) is 51.8. The lowest BCUT2D eigenvalue weighted by atomic mass is 10.0. The zero-order chi connectivity index (χ0) is 94.2. The van der Waals surface area contributed by atoms with Gasteiger partial charge in [-0.25, -0.2) is 18.0 Å². The molecule has 0 aromatic carbocycles. The van der Waals surface area contributed by atoms with E-state index in [1.54, 1.807) is 0 Å². The number of aromatic nitrogens is 4. The fourth-order valence-corrected chi connectivity index (χ4v) is 14.0. The molecule has 2 unspecified atom stereocenters. The SMILES string of the molecule is CCCCCNC(=O)COCCOCCCC(=O)COCCOCCCC(=O)COCCOCCNC(=O)COCCOCCNC(=O)COCCOCCNC(=O)COCCOCCCC(=O)CCC(NC(=O)CCC(NC(=O)CCCCCCCCCCCNC(=O)CCCS(=O)(=O)CC(=O)CCCCCCCCCCCCCCCc1nn[nH]n1)C(=O)O)C(=O)O. The van der Waals surface area contributed by atoms with Gasteiger partial charge in [-0.1, -0.05) is 141 Å². The summed E-state index contributed by atoms with van der Waals surface area (Å²) >= 11 is 0. The van der Waals surface area contributed by atoms with Crippen LogP contribution in [0.3, 0.4) is 0 Å². The molecule has 0 aliphatic rings. The monoisotopic (exact) mass is 1860 g/mol. The normalized spacial score (nSPS) is 11.9. The molecule has 0 saturated carbocycles. The lowest BCUT2D eigenvalue weighted by Gasteiger charge is -2.17. The molecule has 0 bridgehead atoms. The number of tetrazole rings is 1. The van der Waals surface area contributed by atoms with Gasteiger partial charge in [-0.05, 0) is 70.6 Å². The van der Waals surface area contributed by atoms with Gasteiger partial charge in [0.15, 0.2) is 27.2 Å². The molecule has 129 heavy (non-hydrogen) atoms. The van der Waals surface area contributed by atoms with Crippen LogP contribution in [0.2, 0.25) is 0 Å². The highest BCUT2D eigenvalue weighted by molar-refractivity contribution is 7.92. The van der Waals surface area contributed by atoms with E-state index in [-0.39, 0.29) is 268 Å². The van der Waals surface area contributed by atoms with E-state index < -0.39 is 51.4 Å². The van der Waals surface area contributed by atoms with E-state index in [4.69, 9.17) is 56.8 Å². The van der Waals surface area contributed by atoms with E-state index in [1.165, 1.54) is 51.4 Å². The van der Waals surface area contributed by atoms with Gasteiger partial charge >= 0.3 is 11.9 Å². The summed E-state index contributed by atoms with van der Waals surface area (Å²) in [5.74, 6) is -5.87. The van der Waals surface area contributed by atoms with Gasteiger partial charge < -0.3 is 104 Å². The number of aliphatic carboxylic acids is 2.